The van der Waals surface area contributed by atoms with Crippen LogP contribution in [0.4, 0.5) is 10.1 Å². The predicted molar refractivity (Wildman–Crippen MR) is 78.3 cm³/mol. The van der Waals surface area contributed by atoms with Gasteiger partial charge in [-0.25, -0.2) is 4.39 Å². The average Bonchev–Trinajstić information content (AvgIpc) is 2.83. The number of benzene rings is 2. The highest BCUT2D eigenvalue weighted by atomic mass is 19.1. The Labute approximate surface area is 118 Å². The number of hydrogen-bond donors (Lipinski definition) is 2. The van der Waals surface area contributed by atoms with Crippen molar-refractivity contribution in [2.45, 2.75) is 25.3 Å². The van der Waals surface area contributed by atoms with Crippen LogP contribution in [0.3, 0.4) is 0 Å². The molecule has 0 amide bonds. The van der Waals surface area contributed by atoms with Gasteiger partial charge in [-0.05, 0) is 49.1 Å². The molecule has 1 unspecified atom stereocenters. The lowest BCUT2D eigenvalue weighted by Crippen LogP contribution is -2.36. The lowest BCUT2D eigenvalue weighted by atomic mass is 9.92. The first-order chi connectivity index (χ1) is 9.64. The summed E-state index contributed by atoms with van der Waals surface area (Å²) in [6, 6.07) is 13.1. The van der Waals surface area contributed by atoms with Gasteiger partial charge < -0.3 is 10.4 Å². The number of halogens is 1. The van der Waals surface area contributed by atoms with Gasteiger partial charge in [0.05, 0.1) is 12.1 Å². The third kappa shape index (κ3) is 2.08. The molecule has 2 nitrogen and oxygen atoms in total. The molecule has 3 heteroatoms. The molecular weight excluding hydrogens is 253 g/mol. The monoisotopic (exact) mass is 271 g/mol. The van der Waals surface area contributed by atoms with Crippen molar-refractivity contribution in [2.24, 2.45) is 0 Å². The molecule has 1 aliphatic carbocycles. The van der Waals surface area contributed by atoms with Crippen LogP contribution in [0.15, 0.2) is 42.5 Å². The number of anilines is 1. The van der Waals surface area contributed by atoms with Crippen LogP contribution in [0, 0.1) is 12.7 Å². The van der Waals surface area contributed by atoms with Crippen molar-refractivity contribution in [3.05, 3.63) is 65.0 Å². The first kappa shape index (κ1) is 13.1. The molecule has 0 spiro atoms. The fraction of sp³-hybridized carbons (Fsp3) is 0.294. The Morgan fingerprint density at radius 3 is 2.65 bits per heavy atom. The molecule has 0 saturated carbocycles. The van der Waals surface area contributed by atoms with Gasteiger partial charge in [0, 0.05) is 5.69 Å². The van der Waals surface area contributed by atoms with Gasteiger partial charge >= 0.3 is 0 Å². The SMILES string of the molecule is Cc1ccc(NC2(CO)CCc3c(F)cccc32)cc1. The summed E-state index contributed by atoms with van der Waals surface area (Å²) in [6.07, 6.45) is 1.36. The van der Waals surface area contributed by atoms with Crippen molar-refractivity contribution in [1.29, 1.82) is 0 Å². The minimum atomic E-state index is -0.577. The normalized spacial score (nSPS) is 20.8. The van der Waals surface area contributed by atoms with E-state index in [1.54, 1.807) is 6.07 Å². The van der Waals surface area contributed by atoms with Gasteiger partial charge in [-0.1, -0.05) is 29.8 Å². The molecule has 0 heterocycles. The summed E-state index contributed by atoms with van der Waals surface area (Å²) < 4.78 is 13.9. The summed E-state index contributed by atoms with van der Waals surface area (Å²) in [5.74, 6) is -0.177. The maximum absolute atomic E-state index is 13.9. The molecule has 0 fully saturated rings. The molecule has 2 aromatic rings. The topological polar surface area (TPSA) is 32.3 Å². The van der Waals surface area contributed by atoms with Crippen molar-refractivity contribution in [1.82, 2.24) is 0 Å². The van der Waals surface area contributed by atoms with Gasteiger partial charge in [-0.15, -0.1) is 0 Å². The van der Waals surface area contributed by atoms with Crippen LogP contribution in [0.25, 0.3) is 0 Å². The first-order valence-electron chi connectivity index (χ1n) is 6.88. The summed E-state index contributed by atoms with van der Waals surface area (Å²) in [6.45, 7) is 1.99. The molecule has 1 aliphatic rings. The average molecular weight is 271 g/mol. The third-order valence-electron chi connectivity index (χ3n) is 4.14. The van der Waals surface area contributed by atoms with Crippen LogP contribution in [-0.4, -0.2) is 11.7 Å². The molecule has 0 saturated heterocycles. The van der Waals surface area contributed by atoms with Crippen LogP contribution < -0.4 is 5.32 Å². The van der Waals surface area contributed by atoms with E-state index in [-0.39, 0.29) is 12.4 Å². The molecule has 2 aromatic carbocycles. The molecule has 0 radical (unpaired) electrons. The van der Waals surface area contributed by atoms with Crippen LogP contribution in [0.1, 0.15) is 23.1 Å². The number of hydrogen-bond acceptors (Lipinski definition) is 2. The number of rotatable bonds is 3. The second-order valence-corrected chi connectivity index (χ2v) is 5.50. The highest BCUT2D eigenvalue weighted by Crippen LogP contribution is 2.40. The Kier molecular flexibility index (Phi) is 3.22. The molecule has 3 rings (SSSR count). The summed E-state index contributed by atoms with van der Waals surface area (Å²) in [7, 11) is 0. The Hall–Kier alpha value is -1.87. The summed E-state index contributed by atoms with van der Waals surface area (Å²) in [5, 5.41) is 13.3. The number of aliphatic hydroxyl groups excluding tert-OH is 1. The molecule has 20 heavy (non-hydrogen) atoms. The molecule has 0 aromatic heterocycles. The van der Waals surface area contributed by atoms with E-state index in [1.165, 1.54) is 11.6 Å². The third-order valence-corrected chi connectivity index (χ3v) is 4.14. The van der Waals surface area contributed by atoms with Crippen molar-refractivity contribution in [2.75, 3.05) is 11.9 Å². The number of aryl methyl sites for hydroxylation is 1. The zero-order valence-corrected chi connectivity index (χ0v) is 11.5. The van der Waals surface area contributed by atoms with E-state index in [0.29, 0.717) is 12.8 Å². The molecule has 2 N–H and O–H groups in total. The smallest absolute Gasteiger partial charge is 0.126 e. The Bertz CT molecular complexity index is 623. The van der Waals surface area contributed by atoms with Gasteiger partial charge in [-0.3, -0.25) is 0 Å². The van der Waals surface area contributed by atoms with Gasteiger partial charge in [0.2, 0.25) is 0 Å². The lowest BCUT2D eigenvalue weighted by Gasteiger charge is -2.31. The van der Waals surface area contributed by atoms with Gasteiger partial charge in [0.15, 0.2) is 0 Å². The van der Waals surface area contributed by atoms with Gasteiger partial charge in [0.25, 0.3) is 0 Å². The first-order valence-corrected chi connectivity index (χ1v) is 6.88. The van der Waals surface area contributed by atoms with Crippen molar-refractivity contribution < 1.29 is 9.50 Å². The van der Waals surface area contributed by atoms with Crippen LogP contribution in [0.2, 0.25) is 0 Å². The molecule has 1 atom stereocenters. The molecule has 0 bridgehead atoms. The minimum Gasteiger partial charge on any atom is -0.394 e. The van der Waals surface area contributed by atoms with E-state index in [1.807, 2.05) is 37.3 Å². The Balaban J connectivity index is 1.98. The second kappa shape index (κ2) is 4.91. The second-order valence-electron chi connectivity index (χ2n) is 5.50. The van der Waals surface area contributed by atoms with E-state index < -0.39 is 5.54 Å². The highest BCUT2D eigenvalue weighted by Gasteiger charge is 2.39. The van der Waals surface area contributed by atoms with Crippen LogP contribution in [-0.2, 0) is 12.0 Å². The number of fused-ring (bicyclic) bond motifs is 1. The lowest BCUT2D eigenvalue weighted by molar-refractivity contribution is 0.212. The van der Waals surface area contributed by atoms with E-state index in [4.69, 9.17) is 0 Å². The maximum atomic E-state index is 13.9. The Morgan fingerprint density at radius 2 is 1.95 bits per heavy atom. The Morgan fingerprint density at radius 1 is 1.20 bits per heavy atom. The zero-order valence-electron chi connectivity index (χ0n) is 11.5. The standard InChI is InChI=1S/C17H18FNO/c1-12-5-7-13(8-6-12)19-17(11-20)10-9-14-15(17)3-2-4-16(14)18/h2-8,19-20H,9-11H2,1H3. The number of aliphatic hydroxyl groups is 1. The quantitative estimate of drug-likeness (QED) is 0.897. The van der Waals surface area contributed by atoms with Gasteiger partial charge in [0.1, 0.15) is 5.82 Å². The highest BCUT2D eigenvalue weighted by molar-refractivity contribution is 5.52. The van der Waals surface area contributed by atoms with Gasteiger partial charge in [-0.2, -0.15) is 0 Å². The fourth-order valence-electron chi connectivity index (χ4n) is 2.98. The van der Waals surface area contributed by atoms with Crippen LogP contribution >= 0.6 is 0 Å². The van der Waals surface area contributed by atoms with Crippen molar-refractivity contribution in [3.8, 4) is 0 Å². The zero-order chi connectivity index (χ0) is 14.2. The van der Waals surface area contributed by atoms with E-state index in [2.05, 4.69) is 5.32 Å². The number of nitrogens with one attached hydrogen (secondary N) is 1. The van der Waals surface area contributed by atoms with Crippen molar-refractivity contribution in [3.63, 3.8) is 0 Å². The van der Waals surface area contributed by atoms with E-state index in [0.717, 1.165) is 16.8 Å². The molecule has 104 valence electrons. The van der Waals surface area contributed by atoms with E-state index >= 15 is 0 Å². The summed E-state index contributed by atoms with van der Waals surface area (Å²) >= 11 is 0. The summed E-state index contributed by atoms with van der Waals surface area (Å²) in [5.41, 5.74) is 3.15. The largest absolute Gasteiger partial charge is 0.394 e. The fourth-order valence-corrected chi connectivity index (χ4v) is 2.98. The maximum Gasteiger partial charge on any atom is 0.126 e. The summed E-state index contributed by atoms with van der Waals surface area (Å²) in [4.78, 5) is 0. The van der Waals surface area contributed by atoms with Crippen molar-refractivity contribution >= 4 is 5.69 Å². The van der Waals surface area contributed by atoms with E-state index in [9.17, 15) is 9.50 Å². The molecular formula is C17H18FNO. The molecule has 0 aliphatic heterocycles. The van der Waals surface area contributed by atoms with Crippen LogP contribution in [0.5, 0.6) is 0 Å². The predicted octanol–water partition coefficient (Wildman–Crippen LogP) is 3.38. The minimum absolute atomic E-state index is 0.0443.